The zero-order valence-electron chi connectivity index (χ0n) is 15.3. The van der Waals surface area contributed by atoms with Crippen molar-refractivity contribution < 1.29 is 9.18 Å². The minimum atomic E-state index is -0.393. The molecule has 28 heavy (non-hydrogen) atoms. The highest BCUT2D eigenvalue weighted by Crippen LogP contribution is 2.39. The number of benzene rings is 2. The smallest absolute Gasteiger partial charge is 0.267 e. The maximum atomic E-state index is 14.2. The van der Waals surface area contributed by atoms with E-state index in [1.807, 2.05) is 18.2 Å². The number of amidine groups is 1. The number of carbonyl (C=O) groups is 1. The van der Waals surface area contributed by atoms with E-state index in [1.165, 1.54) is 24.2 Å². The molecule has 1 amide bonds. The second kappa shape index (κ2) is 8.50. The fourth-order valence-electron chi connectivity index (χ4n) is 3.60. The van der Waals surface area contributed by atoms with Crippen molar-refractivity contribution in [2.24, 2.45) is 4.99 Å². The van der Waals surface area contributed by atoms with Gasteiger partial charge in [-0.05, 0) is 54.4 Å². The summed E-state index contributed by atoms with van der Waals surface area (Å²) in [5, 5.41) is 1.13. The number of thioether (sulfide) groups is 1. The second-order valence-electron chi connectivity index (χ2n) is 6.94. The van der Waals surface area contributed by atoms with Gasteiger partial charge in [0.05, 0.1) is 4.91 Å². The van der Waals surface area contributed by atoms with Crippen molar-refractivity contribution in [1.82, 2.24) is 4.90 Å². The monoisotopic (exact) mass is 414 g/mol. The summed E-state index contributed by atoms with van der Waals surface area (Å²) < 4.78 is 14.2. The topological polar surface area (TPSA) is 32.7 Å². The van der Waals surface area contributed by atoms with Crippen LogP contribution in [0.1, 0.15) is 37.7 Å². The average molecular weight is 415 g/mol. The van der Waals surface area contributed by atoms with Crippen molar-refractivity contribution in [1.29, 1.82) is 0 Å². The molecule has 2 aromatic carbocycles. The quantitative estimate of drug-likeness (QED) is 0.543. The van der Waals surface area contributed by atoms with E-state index in [4.69, 9.17) is 11.6 Å². The van der Waals surface area contributed by atoms with Gasteiger partial charge in [0.1, 0.15) is 11.5 Å². The van der Waals surface area contributed by atoms with Crippen LogP contribution in [0.25, 0.3) is 6.08 Å². The van der Waals surface area contributed by atoms with Crippen LogP contribution in [-0.2, 0) is 4.79 Å². The van der Waals surface area contributed by atoms with Crippen molar-refractivity contribution in [3.63, 3.8) is 0 Å². The number of rotatable bonds is 3. The zero-order chi connectivity index (χ0) is 19.5. The molecule has 0 N–H and O–H groups in total. The van der Waals surface area contributed by atoms with E-state index in [1.54, 1.807) is 35.2 Å². The van der Waals surface area contributed by atoms with Crippen molar-refractivity contribution in [2.75, 3.05) is 0 Å². The Labute approximate surface area is 173 Å². The second-order valence-corrected chi connectivity index (χ2v) is 8.36. The third-order valence-corrected chi connectivity index (χ3v) is 6.36. The van der Waals surface area contributed by atoms with Crippen LogP contribution in [-0.4, -0.2) is 22.0 Å². The van der Waals surface area contributed by atoms with Crippen molar-refractivity contribution in [2.45, 2.75) is 38.1 Å². The highest BCUT2D eigenvalue weighted by Gasteiger charge is 2.38. The molecule has 0 radical (unpaired) electrons. The van der Waals surface area contributed by atoms with Crippen molar-refractivity contribution in [3.05, 3.63) is 69.8 Å². The molecule has 3 nitrogen and oxygen atoms in total. The molecule has 1 heterocycles. The van der Waals surface area contributed by atoms with Crippen LogP contribution < -0.4 is 0 Å². The molecule has 1 aliphatic carbocycles. The molecule has 0 aromatic heterocycles. The number of aliphatic imine (C=N–C) groups is 1. The first kappa shape index (κ1) is 19.2. The first-order valence-electron chi connectivity index (χ1n) is 9.44. The SMILES string of the molecule is O=C1/C(=C/c2ccccc2Cl)SC(=Nc2ccccc2F)N1C1CCCCC1. The number of carbonyl (C=O) groups excluding carboxylic acids is 1. The summed E-state index contributed by atoms with van der Waals surface area (Å²) in [6, 6.07) is 13.9. The lowest BCUT2D eigenvalue weighted by Crippen LogP contribution is -2.40. The van der Waals surface area contributed by atoms with Gasteiger partial charge < -0.3 is 0 Å². The van der Waals surface area contributed by atoms with E-state index < -0.39 is 5.82 Å². The molecule has 0 spiro atoms. The summed E-state index contributed by atoms with van der Waals surface area (Å²) in [6.45, 7) is 0. The van der Waals surface area contributed by atoms with Crippen LogP contribution in [0.4, 0.5) is 10.1 Å². The standard InChI is InChI=1S/C22H20ClFN2OS/c23-17-11-5-4-8-15(17)14-20-21(27)26(16-9-2-1-3-10-16)22(28-20)25-19-13-7-6-12-18(19)24/h4-8,11-14,16H,1-3,9-10H2/b20-14-,25-22?. The van der Waals surface area contributed by atoms with Gasteiger partial charge in [0.25, 0.3) is 5.91 Å². The predicted octanol–water partition coefficient (Wildman–Crippen LogP) is 6.42. The van der Waals surface area contributed by atoms with Crippen LogP contribution >= 0.6 is 23.4 Å². The molecule has 2 aromatic rings. The summed E-state index contributed by atoms with van der Waals surface area (Å²) in [5.41, 5.74) is 1.04. The lowest BCUT2D eigenvalue weighted by Gasteiger charge is -2.30. The summed E-state index contributed by atoms with van der Waals surface area (Å²) in [4.78, 5) is 20.1. The normalized spacial score (nSPS) is 21.1. The predicted molar refractivity (Wildman–Crippen MR) is 114 cm³/mol. The van der Waals surface area contributed by atoms with E-state index in [0.29, 0.717) is 15.1 Å². The third-order valence-electron chi connectivity index (χ3n) is 5.04. The summed E-state index contributed by atoms with van der Waals surface area (Å²) in [6.07, 6.45) is 7.07. The fraction of sp³-hybridized carbons (Fsp3) is 0.273. The molecule has 2 fully saturated rings. The van der Waals surface area contributed by atoms with E-state index in [-0.39, 0.29) is 17.6 Å². The Morgan fingerprint density at radius 2 is 1.79 bits per heavy atom. The van der Waals surface area contributed by atoms with Crippen LogP contribution in [0.3, 0.4) is 0 Å². The van der Waals surface area contributed by atoms with Crippen LogP contribution in [0.5, 0.6) is 0 Å². The number of halogens is 2. The van der Waals surface area contributed by atoms with Gasteiger partial charge in [-0.2, -0.15) is 0 Å². The maximum Gasteiger partial charge on any atom is 0.267 e. The molecule has 6 heteroatoms. The third kappa shape index (κ3) is 4.01. The Kier molecular flexibility index (Phi) is 5.83. The minimum absolute atomic E-state index is 0.0769. The highest BCUT2D eigenvalue weighted by atomic mass is 35.5. The number of para-hydroxylation sites is 1. The number of nitrogens with zero attached hydrogens (tertiary/aromatic N) is 2. The van der Waals surface area contributed by atoms with Crippen LogP contribution in [0.15, 0.2) is 58.4 Å². The molecule has 1 aliphatic heterocycles. The summed E-state index contributed by atoms with van der Waals surface area (Å²) in [5.74, 6) is -0.470. The molecular formula is C22H20ClFN2OS. The number of hydrogen-bond donors (Lipinski definition) is 0. The average Bonchev–Trinajstić information content (AvgIpc) is 3.01. The molecule has 144 valence electrons. The van der Waals surface area contributed by atoms with Gasteiger partial charge in [-0.3, -0.25) is 9.69 Å². The molecular weight excluding hydrogens is 395 g/mol. The van der Waals surface area contributed by atoms with Gasteiger partial charge >= 0.3 is 0 Å². The molecule has 4 rings (SSSR count). The van der Waals surface area contributed by atoms with Gasteiger partial charge in [0.2, 0.25) is 0 Å². The Hall–Kier alpha value is -2.11. The van der Waals surface area contributed by atoms with Gasteiger partial charge in [0, 0.05) is 11.1 Å². The first-order chi connectivity index (χ1) is 13.6. The molecule has 1 saturated carbocycles. The lowest BCUT2D eigenvalue weighted by atomic mass is 9.94. The number of amides is 1. The van der Waals surface area contributed by atoms with Gasteiger partial charge in [-0.1, -0.05) is 61.2 Å². The van der Waals surface area contributed by atoms with Crippen LogP contribution in [0, 0.1) is 5.82 Å². The fourth-order valence-corrected chi connectivity index (χ4v) is 4.84. The molecule has 2 aliphatic rings. The van der Waals surface area contributed by atoms with Crippen LogP contribution in [0.2, 0.25) is 5.02 Å². The van der Waals surface area contributed by atoms with Gasteiger partial charge in [-0.25, -0.2) is 9.38 Å². The van der Waals surface area contributed by atoms with Gasteiger partial charge in [-0.15, -0.1) is 0 Å². The Morgan fingerprint density at radius 1 is 1.07 bits per heavy atom. The Balaban J connectivity index is 1.73. The van der Waals surface area contributed by atoms with E-state index >= 15 is 0 Å². The number of hydrogen-bond acceptors (Lipinski definition) is 3. The van der Waals surface area contributed by atoms with E-state index in [9.17, 15) is 9.18 Å². The first-order valence-corrected chi connectivity index (χ1v) is 10.6. The van der Waals surface area contributed by atoms with Crippen molar-refractivity contribution >= 4 is 46.2 Å². The summed E-state index contributed by atoms with van der Waals surface area (Å²) in [7, 11) is 0. The Morgan fingerprint density at radius 3 is 2.54 bits per heavy atom. The van der Waals surface area contributed by atoms with E-state index in [2.05, 4.69) is 4.99 Å². The molecule has 0 unspecified atom stereocenters. The largest absolute Gasteiger partial charge is 0.283 e. The zero-order valence-corrected chi connectivity index (χ0v) is 16.8. The Bertz CT molecular complexity index is 953. The molecule has 0 bridgehead atoms. The van der Waals surface area contributed by atoms with E-state index in [0.717, 1.165) is 31.2 Å². The highest BCUT2D eigenvalue weighted by molar-refractivity contribution is 8.18. The maximum absolute atomic E-state index is 14.2. The molecule has 1 saturated heterocycles. The van der Waals surface area contributed by atoms with Crippen molar-refractivity contribution in [3.8, 4) is 0 Å². The minimum Gasteiger partial charge on any atom is -0.283 e. The van der Waals surface area contributed by atoms with Gasteiger partial charge in [0.15, 0.2) is 5.17 Å². The summed E-state index contributed by atoms with van der Waals surface area (Å²) >= 11 is 7.55. The lowest BCUT2D eigenvalue weighted by molar-refractivity contribution is -0.124. The molecule has 0 atom stereocenters.